The summed E-state index contributed by atoms with van der Waals surface area (Å²) in [5.74, 6) is -0.0656. The number of carbonyl (C=O) groups is 1. The number of hydrogen-bond donors (Lipinski definition) is 0. The molecule has 0 fully saturated rings. The van der Waals surface area contributed by atoms with Crippen LogP contribution in [0.25, 0.3) is 6.08 Å². The van der Waals surface area contributed by atoms with Gasteiger partial charge in [-0.05, 0) is 43.2 Å². The molecule has 0 bridgehead atoms. The van der Waals surface area contributed by atoms with E-state index in [9.17, 15) is 13.2 Å². The Hall–Kier alpha value is -1.42. The molecule has 0 atom stereocenters. The Morgan fingerprint density at radius 2 is 1.94 bits per heavy atom. The quantitative estimate of drug-likeness (QED) is 0.757. The monoisotopic (exact) mass is 238 g/mol. The fourth-order valence-corrected chi connectivity index (χ4v) is 1.89. The van der Waals surface area contributed by atoms with Gasteiger partial charge in [-0.3, -0.25) is 4.79 Å². The number of hydrogen-bond acceptors (Lipinski definition) is 3. The van der Waals surface area contributed by atoms with Crippen molar-refractivity contribution in [1.29, 1.82) is 0 Å². The van der Waals surface area contributed by atoms with Crippen LogP contribution in [0, 0.1) is 6.92 Å². The molecule has 0 spiro atoms. The minimum atomic E-state index is -3.20. The van der Waals surface area contributed by atoms with Crippen LogP contribution in [0.3, 0.4) is 0 Å². The highest BCUT2D eigenvalue weighted by molar-refractivity contribution is 7.90. The lowest BCUT2D eigenvalue weighted by molar-refractivity contribution is -0.112. The van der Waals surface area contributed by atoms with Crippen LogP contribution in [0.4, 0.5) is 0 Å². The van der Waals surface area contributed by atoms with Crippen LogP contribution in [-0.2, 0) is 14.6 Å². The summed E-state index contributed by atoms with van der Waals surface area (Å²) in [4.78, 5) is 11.1. The Balaban J connectivity index is 3.25. The highest BCUT2D eigenvalue weighted by Crippen LogP contribution is 2.16. The highest BCUT2D eigenvalue weighted by Gasteiger charge is 2.07. The molecule has 0 N–H and O–H groups in total. The van der Waals surface area contributed by atoms with E-state index in [1.54, 1.807) is 24.3 Å². The van der Waals surface area contributed by atoms with Crippen molar-refractivity contribution in [3.05, 3.63) is 35.4 Å². The number of carbonyl (C=O) groups excluding carboxylic acids is 1. The zero-order chi connectivity index (χ0) is 12.3. The zero-order valence-corrected chi connectivity index (χ0v) is 10.3. The molecule has 0 radical (unpaired) electrons. The number of aryl methyl sites for hydroxylation is 1. The van der Waals surface area contributed by atoms with E-state index in [2.05, 4.69) is 0 Å². The van der Waals surface area contributed by atoms with Crippen LogP contribution < -0.4 is 0 Å². The first-order chi connectivity index (χ1) is 7.30. The van der Waals surface area contributed by atoms with Gasteiger partial charge in [-0.25, -0.2) is 8.42 Å². The van der Waals surface area contributed by atoms with E-state index in [4.69, 9.17) is 0 Å². The van der Waals surface area contributed by atoms with Crippen molar-refractivity contribution in [1.82, 2.24) is 0 Å². The molecule has 1 aromatic carbocycles. The minimum absolute atomic E-state index is 0.0656. The maximum Gasteiger partial charge on any atom is 0.175 e. The second-order valence-corrected chi connectivity index (χ2v) is 5.75. The lowest BCUT2D eigenvalue weighted by Crippen LogP contribution is -1.98. The molecule has 0 aliphatic rings. The maximum atomic E-state index is 11.3. The van der Waals surface area contributed by atoms with Gasteiger partial charge in [0, 0.05) is 6.26 Å². The third kappa shape index (κ3) is 3.31. The third-order valence-electron chi connectivity index (χ3n) is 2.18. The molecule has 0 heterocycles. The third-order valence-corrected chi connectivity index (χ3v) is 3.29. The normalized spacial score (nSPS) is 11.9. The van der Waals surface area contributed by atoms with E-state index in [0.29, 0.717) is 0 Å². The summed E-state index contributed by atoms with van der Waals surface area (Å²) in [7, 11) is -3.20. The van der Waals surface area contributed by atoms with Crippen LogP contribution >= 0.6 is 0 Å². The topological polar surface area (TPSA) is 51.2 Å². The van der Waals surface area contributed by atoms with Crippen molar-refractivity contribution in [3.8, 4) is 0 Å². The maximum absolute atomic E-state index is 11.3. The Morgan fingerprint density at radius 3 is 2.44 bits per heavy atom. The smallest absolute Gasteiger partial charge is 0.175 e. The molecule has 1 rings (SSSR count). The molecular weight excluding hydrogens is 224 g/mol. The van der Waals surface area contributed by atoms with Crippen LogP contribution in [0.15, 0.2) is 29.2 Å². The molecule has 0 unspecified atom stereocenters. The van der Waals surface area contributed by atoms with Gasteiger partial charge in [0.05, 0.1) is 4.90 Å². The van der Waals surface area contributed by atoms with E-state index >= 15 is 0 Å². The average molecular weight is 238 g/mol. The van der Waals surface area contributed by atoms with Crippen LogP contribution in [0.5, 0.6) is 0 Å². The fraction of sp³-hybridized carbons (Fsp3) is 0.250. The molecule has 0 aliphatic carbocycles. The summed E-state index contributed by atoms with van der Waals surface area (Å²) in [5, 5.41) is 0. The van der Waals surface area contributed by atoms with Crippen molar-refractivity contribution >= 4 is 21.7 Å². The molecule has 0 amide bonds. The van der Waals surface area contributed by atoms with E-state index in [-0.39, 0.29) is 10.7 Å². The van der Waals surface area contributed by atoms with Crippen LogP contribution in [0.1, 0.15) is 18.1 Å². The van der Waals surface area contributed by atoms with Gasteiger partial charge < -0.3 is 0 Å². The highest BCUT2D eigenvalue weighted by atomic mass is 32.2. The first-order valence-corrected chi connectivity index (χ1v) is 6.69. The summed E-state index contributed by atoms with van der Waals surface area (Å²) >= 11 is 0. The number of ketones is 1. The summed E-state index contributed by atoms with van der Waals surface area (Å²) in [6.07, 6.45) is 4.22. The average Bonchev–Trinajstić information content (AvgIpc) is 2.14. The van der Waals surface area contributed by atoms with Gasteiger partial charge in [-0.2, -0.15) is 0 Å². The summed E-state index contributed by atoms with van der Waals surface area (Å²) in [6.45, 7) is 3.32. The summed E-state index contributed by atoms with van der Waals surface area (Å²) in [6, 6.07) is 4.87. The SMILES string of the molecule is CC(=O)C=Cc1cc(S(C)(=O)=O)ccc1C. The van der Waals surface area contributed by atoms with Crippen LogP contribution in [-0.4, -0.2) is 20.5 Å². The van der Waals surface area contributed by atoms with Crippen LogP contribution in [0.2, 0.25) is 0 Å². The van der Waals surface area contributed by atoms with Gasteiger partial charge in [0.15, 0.2) is 15.6 Å². The van der Waals surface area contributed by atoms with Gasteiger partial charge >= 0.3 is 0 Å². The minimum Gasteiger partial charge on any atom is -0.295 e. The lowest BCUT2D eigenvalue weighted by atomic mass is 10.1. The van der Waals surface area contributed by atoms with Gasteiger partial charge in [0.1, 0.15) is 0 Å². The lowest BCUT2D eigenvalue weighted by Gasteiger charge is -2.03. The number of allylic oxidation sites excluding steroid dienone is 1. The molecule has 0 aliphatic heterocycles. The number of sulfone groups is 1. The molecule has 86 valence electrons. The second kappa shape index (κ2) is 4.61. The predicted molar refractivity (Wildman–Crippen MR) is 64.0 cm³/mol. The molecule has 0 saturated carbocycles. The molecule has 16 heavy (non-hydrogen) atoms. The first kappa shape index (κ1) is 12.6. The summed E-state index contributed by atoms with van der Waals surface area (Å²) in [5.41, 5.74) is 1.68. The molecular formula is C12H14O3S. The molecule has 4 heteroatoms. The number of benzene rings is 1. The van der Waals surface area contributed by atoms with E-state index in [1.165, 1.54) is 13.0 Å². The van der Waals surface area contributed by atoms with Crippen molar-refractivity contribution < 1.29 is 13.2 Å². The van der Waals surface area contributed by atoms with Gasteiger partial charge in [0.2, 0.25) is 0 Å². The van der Waals surface area contributed by atoms with Gasteiger partial charge in [-0.1, -0.05) is 12.1 Å². The number of rotatable bonds is 3. The molecule has 0 saturated heterocycles. The van der Waals surface area contributed by atoms with E-state index < -0.39 is 9.84 Å². The Morgan fingerprint density at radius 1 is 1.31 bits per heavy atom. The second-order valence-electron chi connectivity index (χ2n) is 3.73. The predicted octanol–water partition coefficient (Wildman–Crippen LogP) is 2.00. The molecule has 3 nitrogen and oxygen atoms in total. The fourth-order valence-electron chi connectivity index (χ4n) is 1.24. The van der Waals surface area contributed by atoms with Crippen molar-refractivity contribution in [2.75, 3.05) is 6.26 Å². The Labute approximate surface area is 95.7 Å². The van der Waals surface area contributed by atoms with Gasteiger partial charge in [-0.15, -0.1) is 0 Å². The summed E-state index contributed by atoms with van der Waals surface area (Å²) < 4.78 is 22.7. The van der Waals surface area contributed by atoms with Crippen molar-refractivity contribution in [2.45, 2.75) is 18.7 Å². The standard InChI is InChI=1S/C12H14O3S/c1-9-4-7-12(16(3,14)15)8-11(9)6-5-10(2)13/h4-8H,1-3H3. The largest absolute Gasteiger partial charge is 0.295 e. The van der Waals surface area contributed by atoms with E-state index in [1.807, 2.05) is 6.92 Å². The van der Waals surface area contributed by atoms with Gasteiger partial charge in [0.25, 0.3) is 0 Å². The Bertz CT molecular complexity index is 539. The Kier molecular flexibility index (Phi) is 3.65. The first-order valence-electron chi connectivity index (χ1n) is 4.80. The van der Waals surface area contributed by atoms with Crippen molar-refractivity contribution in [3.63, 3.8) is 0 Å². The van der Waals surface area contributed by atoms with Crippen molar-refractivity contribution in [2.24, 2.45) is 0 Å². The molecule has 1 aromatic rings. The zero-order valence-electron chi connectivity index (χ0n) is 9.52. The van der Waals surface area contributed by atoms with E-state index in [0.717, 1.165) is 17.4 Å². The molecule has 0 aromatic heterocycles.